The Morgan fingerprint density at radius 2 is 2.00 bits per heavy atom. The lowest BCUT2D eigenvalue weighted by Crippen LogP contribution is -2.44. The van der Waals surface area contributed by atoms with Crippen LogP contribution in [-0.2, 0) is 19.1 Å². The average molecular weight is 299 g/mol. The van der Waals surface area contributed by atoms with Crippen molar-refractivity contribution in [3.63, 3.8) is 0 Å². The Labute approximate surface area is 127 Å². The van der Waals surface area contributed by atoms with Gasteiger partial charge in [0.05, 0.1) is 13.2 Å². The summed E-state index contributed by atoms with van der Waals surface area (Å²) in [6, 6.07) is -0.587. The van der Waals surface area contributed by atoms with E-state index < -0.39 is 12.0 Å². The number of rotatable bonds is 7. The maximum Gasteiger partial charge on any atom is 0.328 e. The highest BCUT2D eigenvalue weighted by Gasteiger charge is 2.24. The third-order valence-electron chi connectivity index (χ3n) is 3.87. The highest BCUT2D eigenvalue weighted by molar-refractivity contribution is 5.85. The standard InChI is InChI=1S/C16H29NO4/c1-11(2)8-14(16(19)20-4)17-15(18)10-21-13-7-5-6-12(3)9-13/h11-14H,5-10H2,1-4H3,(H,17,18). The Morgan fingerprint density at radius 1 is 1.29 bits per heavy atom. The molecule has 5 nitrogen and oxygen atoms in total. The SMILES string of the molecule is COC(=O)C(CC(C)C)NC(=O)COC1CCCC(C)C1. The predicted octanol–water partition coefficient (Wildman–Crippen LogP) is 2.29. The van der Waals surface area contributed by atoms with Crippen LogP contribution in [0, 0.1) is 11.8 Å². The Kier molecular flexibility index (Phi) is 7.72. The molecule has 1 amide bonds. The summed E-state index contributed by atoms with van der Waals surface area (Å²) in [5, 5.41) is 2.71. The maximum atomic E-state index is 11.9. The minimum absolute atomic E-state index is 0.0168. The summed E-state index contributed by atoms with van der Waals surface area (Å²) in [5.74, 6) is 0.317. The molecular weight excluding hydrogens is 270 g/mol. The van der Waals surface area contributed by atoms with Crippen LogP contribution in [0.3, 0.4) is 0 Å². The zero-order valence-electron chi connectivity index (χ0n) is 13.7. The first kappa shape index (κ1) is 18.0. The van der Waals surface area contributed by atoms with Crippen molar-refractivity contribution in [3.05, 3.63) is 0 Å². The van der Waals surface area contributed by atoms with Gasteiger partial charge in [0.25, 0.3) is 0 Å². The molecule has 0 saturated heterocycles. The monoisotopic (exact) mass is 299 g/mol. The van der Waals surface area contributed by atoms with Crippen molar-refractivity contribution < 1.29 is 19.1 Å². The van der Waals surface area contributed by atoms with Gasteiger partial charge in [-0.15, -0.1) is 0 Å². The van der Waals surface area contributed by atoms with E-state index in [1.165, 1.54) is 13.5 Å². The van der Waals surface area contributed by atoms with Crippen LogP contribution >= 0.6 is 0 Å². The molecule has 1 aliphatic rings. The predicted molar refractivity (Wildman–Crippen MR) is 80.8 cm³/mol. The summed E-state index contributed by atoms with van der Waals surface area (Å²) in [6.45, 7) is 6.23. The molecule has 0 aliphatic heterocycles. The van der Waals surface area contributed by atoms with Gasteiger partial charge in [-0.3, -0.25) is 4.79 Å². The van der Waals surface area contributed by atoms with Gasteiger partial charge in [-0.05, 0) is 31.1 Å². The molecule has 3 atom stereocenters. The fraction of sp³-hybridized carbons (Fsp3) is 0.875. The van der Waals surface area contributed by atoms with Gasteiger partial charge in [-0.2, -0.15) is 0 Å². The molecule has 3 unspecified atom stereocenters. The molecule has 0 spiro atoms. The number of carbonyl (C=O) groups is 2. The molecule has 0 radical (unpaired) electrons. The molecule has 0 bridgehead atoms. The lowest BCUT2D eigenvalue weighted by Gasteiger charge is -2.27. The van der Waals surface area contributed by atoms with E-state index in [1.807, 2.05) is 13.8 Å². The zero-order chi connectivity index (χ0) is 15.8. The molecule has 0 heterocycles. The Balaban J connectivity index is 2.37. The van der Waals surface area contributed by atoms with Crippen molar-refractivity contribution in [2.45, 2.75) is 65.0 Å². The summed E-state index contributed by atoms with van der Waals surface area (Å²) >= 11 is 0. The molecule has 21 heavy (non-hydrogen) atoms. The summed E-state index contributed by atoms with van der Waals surface area (Å²) in [6.07, 6.45) is 5.17. The van der Waals surface area contributed by atoms with Crippen LogP contribution in [0.15, 0.2) is 0 Å². The van der Waals surface area contributed by atoms with E-state index in [0.717, 1.165) is 19.3 Å². The van der Waals surface area contributed by atoms with Gasteiger partial charge in [0.2, 0.25) is 5.91 Å². The number of esters is 1. The van der Waals surface area contributed by atoms with Crippen LogP contribution in [0.1, 0.15) is 52.9 Å². The highest BCUT2D eigenvalue weighted by atomic mass is 16.5. The lowest BCUT2D eigenvalue weighted by atomic mass is 9.89. The van der Waals surface area contributed by atoms with Crippen molar-refractivity contribution in [1.82, 2.24) is 5.32 Å². The van der Waals surface area contributed by atoms with Crippen LogP contribution in [-0.4, -0.2) is 37.7 Å². The van der Waals surface area contributed by atoms with Crippen molar-refractivity contribution in [3.8, 4) is 0 Å². The molecule has 1 N–H and O–H groups in total. The molecule has 1 aliphatic carbocycles. The lowest BCUT2D eigenvalue weighted by molar-refractivity contribution is -0.146. The molecule has 1 fully saturated rings. The van der Waals surface area contributed by atoms with E-state index in [-0.39, 0.29) is 18.6 Å². The van der Waals surface area contributed by atoms with Gasteiger partial charge in [0, 0.05) is 0 Å². The second kappa shape index (κ2) is 9.03. The first-order chi connectivity index (χ1) is 9.92. The molecule has 1 rings (SSSR count). The number of carbonyl (C=O) groups excluding carboxylic acids is 2. The van der Waals surface area contributed by atoms with E-state index >= 15 is 0 Å². The van der Waals surface area contributed by atoms with Gasteiger partial charge in [0.1, 0.15) is 12.6 Å². The molecule has 5 heteroatoms. The summed E-state index contributed by atoms with van der Waals surface area (Å²) in [5.41, 5.74) is 0. The topological polar surface area (TPSA) is 64.6 Å². The number of hydrogen-bond acceptors (Lipinski definition) is 4. The number of nitrogens with one attached hydrogen (secondary N) is 1. The average Bonchev–Trinajstić information content (AvgIpc) is 2.43. The van der Waals surface area contributed by atoms with Gasteiger partial charge < -0.3 is 14.8 Å². The maximum absolute atomic E-state index is 11.9. The second-order valence-corrected chi connectivity index (χ2v) is 6.48. The quantitative estimate of drug-likeness (QED) is 0.733. The summed E-state index contributed by atoms with van der Waals surface area (Å²) < 4.78 is 10.4. The number of hydrogen-bond donors (Lipinski definition) is 1. The molecular formula is C16H29NO4. The zero-order valence-corrected chi connectivity index (χ0v) is 13.7. The fourth-order valence-corrected chi connectivity index (χ4v) is 2.79. The number of ether oxygens (including phenoxy) is 2. The van der Waals surface area contributed by atoms with Crippen LogP contribution in [0.2, 0.25) is 0 Å². The summed E-state index contributed by atoms with van der Waals surface area (Å²) in [7, 11) is 1.34. The van der Waals surface area contributed by atoms with E-state index in [1.54, 1.807) is 0 Å². The first-order valence-electron chi connectivity index (χ1n) is 7.91. The van der Waals surface area contributed by atoms with Crippen molar-refractivity contribution in [1.29, 1.82) is 0 Å². The molecule has 1 saturated carbocycles. The largest absolute Gasteiger partial charge is 0.467 e. The molecule has 0 aromatic carbocycles. The molecule has 0 aromatic heterocycles. The van der Waals surface area contributed by atoms with E-state index in [9.17, 15) is 9.59 Å². The second-order valence-electron chi connectivity index (χ2n) is 6.48. The van der Waals surface area contributed by atoms with Gasteiger partial charge >= 0.3 is 5.97 Å². The van der Waals surface area contributed by atoms with E-state index in [4.69, 9.17) is 9.47 Å². The number of methoxy groups -OCH3 is 1. The number of amides is 1. The summed E-state index contributed by atoms with van der Waals surface area (Å²) in [4.78, 5) is 23.6. The van der Waals surface area contributed by atoms with Crippen molar-refractivity contribution in [2.24, 2.45) is 11.8 Å². The van der Waals surface area contributed by atoms with Crippen molar-refractivity contribution in [2.75, 3.05) is 13.7 Å². The van der Waals surface area contributed by atoms with Crippen LogP contribution in [0.5, 0.6) is 0 Å². The minimum atomic E-state index is -0.587. The fourth-order valence-electron chi connectivity index (χ4n) is 2.79. The Bertz CT molecular complexity index is 343. The van der Waals surface area contributed by atoms with Crippen LogP contribution in [0.4, 0.5) is 0 Å². The first-order valence-corrected chi connectivity index (χ1v) is 7.91. The van der Waals surface area contributed by atoms with Gasteiger partial charge in [-0.1, -0.05) is 33.6 Å². The van der Waals surface area contributed by atoms with Gasteiger partial charge in [-0.25, -0.2) is 4.79 Å². The molecule has 0 aromatic rings. The highest BCUT2D eigenvalue weighted by Crippen LogP contribution is 2.25. The smallest absolute Gasteiger partial charge is 0.328 e. The van der Waals surface area contributed by atoms with Gasteiger partial charge in [0.15, 0.2) is 0 Å². The van der Waals surface area contributed by atoms with E-state index in [2.05, 4.69) is 12.2 Å². The van der Waals surface area contributed by atoms with Crippen LogP contribution < -0.4 is 5.32 Å². The Morgan fingerprint density at radius 3 is 2.57 bits per heavy atom. The van der Waals surface area contributed by atoms with Crippen LogP contribution in [0.25, 0.3) is 0 Å². The third-order valence-corrected chi connectivity index (χ3v) is 3.87. The molecule has 122 valence electrons. The van der Waals surface area contributed by atoms with Crippen molar-refractivity contribution >= 4 is 11.9 Å². The Hall–Kier alpha value is -1.10. The minimum Gasteiger partial charge on any atom is -0.467 e. The van der Waals surface area contributed by atoms with E-state index in [0.29, 0.717) is 18.3 Å². The normalized spacial score (nSPS) is 23.7. The third kappa shape index (κ3) is 6.93.